The number of morpholine rings is 1. The number of sulfonamides is 1. The second-order valence-corrected chi connectivity index (χ2v) is 9.87. The van der Waals surface area contributed by atoms with Crippen LogP contribution >= 0.6 is 15.9 Å². The van der Waals surface area contributed by atoms with Crippen molar-refractivity contribution in [1.82, 2.24) is 4.31 Å². The molecule has 6 nitrogen and oxygen atoms in total. The predicted octanol–water partition coefficient (Wildman–Crippen LogP) is 3.81. The van der Waals surface area contributed by atoms with E-state index in [1.165, 1.54) is 16.4 Å². The molecular formula is C20H23BrN2O4S. The van der Waals surface area contributed by atoms with Gasteiger partial charge >= 0.3 is 0 Å². The quantitative estimate of drug-likeness (QED) is 0.742. The molecule has 1 heterocycles. The molecule has 0 saturated carbocycles. The van der Waals surface area contributed by atoms with Crippen LogP contribution in [0.4, 0.5) is 5.69 Å². The van der Waals surface area contributed by atoms with Crippen LogP contribution in [0.1, 0.15) is 29.8 Å². The van der Waals surface area contributed by atoms with E-state index in [-0.39, 0.29) is 28.6 Å². The first kappa shape index (κ1) is 21.0. The highest BCUT2D eigenvalue weighted by molar-refractivity contribution is 9.10. The number of hydrogen-bond acceptors (Lipinski definition) is 4. The van der Waals surface area contributed by atoms with Gasteiger partial charge in [-0.3, -0.25) is 4.79 Å². The molecule has 0 radical (unpaired) electrons. The lowest BCUT2D eigenvalue weighted by molar-refractivity contribution is -0.0440. The molecular weight excluding hydrogens is 444 g/mol. The summed E-state index contributed by atoms with van der Waals surface area (Å²) in [5.74, 6) is -0.355. The van der Waals surface area contributed by atoms with Gasteiger partial charge in [-0.15, -0.1) is 0 Å². The van der Waals surface area contributed by atoms with E-state index in [2.05, 4.69) is 21.2 Å². The highest BCUT2D eigenvalue weighted by Gasteiger charge is 2.32. The van der Waals surface area contributed by atoms with Crippen molar-refractivity contribution in [3.63, 3.8) is 0 Å². The van der Waals surface area contributed by atoms with Gasteiger partial charge in [0.1, 0.15) is 0 Å². The van der Waals surface area contributed by atoms with Crippen molar-refractivity contribution in [2.24, 2.45) is 0 Å². The van der Waals surface area contributed by atoms with Gasteiger partial charge in [-0.05, 0) is 62.7 Å². The van der Waals surface area contributed by atoms with E-state index >= 15 is 0 Å². The Hall–Kier alpha value is -1.74. The monoisotopic (exact) mass is 466 g/mol. The van der Waals surface area contributed by atoms with Crippen LogP contribution in [0.2, 0.25) is 0 Å². The fourth-order valence-corrected chi connectivity index (χ4v) is 5.35. The number of ether oxygens (including phenoxy) is 1. The smallest absolute Gasteiger partial charge is 0.255 e. The number of benzene rings is 2. The molecule has 1 N–H and O–H groups in total. The number of rotatable bonds is 4. The number of hydrogen-bond donors (Lipinski definition) is 1. The van der Waals surface area contributed by atoms with Gasteiger partial charge in [0.2, 0.25) is 10.0 Å². The van der Waals surface area contributed by atoms with E-state index in [4.69, 9.17) is 4.74 Å². The number of halogens is 1. The lowest BCUT2D eigenvalue weighted by atomic mass is 10.1. The largest absolute Gasteiger partial charge is 0.373 e. The van der Waals surface area contributed by atoms with E-state index in [9.17, 15) is 13.2 Å². The van der Waals surface area contributed by atoms with Gasteiger partial charge in [-0.25, -0.2) is 8.42 Å². The molecule has 3 rings (SSSR count). The third-order valence-corrected chi connectivity index (χ3v) is 6.88. The molecule has 0 bridgehead atoms. The molecule has 28 heavy (non-hydrogen) atoms. The normalized spacial score (nSPS) is 20.7. The van der Waals surface area contributed by atoms with Crippen LogP contribution in [0.3, 0.4) is 0 Å². The number of carbonyl (C=O) groups excluding carboxylic acids is 1. The van der Waals surface area contributed by atoms with Crippen LogP contribution in [-0.2, 0) is 14.8 Å². The Morgan fingerprint density at radius 3 is 2.46 bits per heavy atom. The minimum absolute atomic E-state index is 0.106. The van der Waals surface area contributed by atoms with E-state index in [0.717, 1.165) is 10.0 Å². The number of nitrogens with one attached hydrogen (secondary N) is 1. The van der Waals surface area contributed by atoms with Crippen molar-refractivity contribution in [3.8, 4) is 0 Å². The fourth-order valence-electron chi connectivity index (χ4n) is 3.24. The maximum absolute atomic E-state index is 13.0. The molecule has 1 aliphatic heterocycles. The molecule has 2 aromatic rings. The number of nitrogens with zero attached hydrogens (tertiary/aromatic N) is 1. The van der Waals surface area contributed by atoms with Crippen LogP contribution in [0.15, 0.2) is 51.8 Å². The lowest BCUT2D eigenvalue weighted by Gasteiger charge is -2.34. The molecule has 2 aromatic carbocycles. The summed E-state index contributed by atoms with van der Waals surface area (Å²) < 4.78 is 34.0. The molecule has 1 fully saturated rings. The molecule has 0 aliphatic carbocycles. The van der Waals surface area contributed by atoms with Gasteiger partial charge in [0.05, 0.1) is 17.1 Å². The van der Waals surface area contributed by atoms with E-state index < -0.39 is 10.0 Å². The second-order valence-electron chi connectivity index (χ2n) is 7.02. The van der Waals surface area contributed by atoms with Gasteiger partial charge in [0.15, 0.2) is 0 Å². The van der Waals surface area contributed by atoms with E-state index in [1.807, 2.05) is 32.9 Å². The zero-order valence-corrected chi connectivity index (χ0v) is 18.4. The number of aryl methyl sites for hydroxylation is 1. The number of carbonyl (C=O) groups is 1. The third kappa shape index (κ3) is 4.63. The average Bonchev–Trinajstić information content (AvgIpc) is 2.63. The molecule has 2 atom stereocenters. The summed E-state index contributed by atoms with van der Waals surface area (Å²) >= 11 is 3.39. The van der Waals surface area contributed by atoms with Crippen molar-refractivity contribution in [1.29, 1.82) is 0 Å². The summed E-state index contributed by atoms with van der Waals surface area (Å²) in [6.07, 6.45) is -0.351. The minimum atomic E-state index is -3.70. The lowest BCUT2D eigenvalue weighted by Crippen LogP contribution is -2.48. The van der Waals surface area contributed by atoms with Crippen LogP contribution in [0.25, 0.3) is 0 Å². The van der Waals surface area contributed by atoms with Crippen molar-refractivity contribution >= 4 is 37.5 Å². The molecule has 2 unspecified atom stereocenters. The Kier molecular flexibility index (Phi) is 6.24. The molecule has 150 valence electrons. The zero-order chi connectivity index (χ0) is 20.5. The van der Waals surface area contributed by atoms with Gasteiger partial charge < -0.3 is 10.1 Å². The van der Waals surface area contributed by atoms with Crippen LogP contribution in [0.5, 0.6) is 0 Å². The van der Waals surface area contributed by atoms with Crippen molar-refractivity contribution in [2.75, 3.05) is 18.4 Å². The van der Waals surface area contributed by atoms with E-state index in [0.29, 0.717) is 18.8 Å². The van der Waals surface area contributed by atoms with Gasteiger partial charge in [-0.1, -0.05) is 22.0 Å². The number of amides is 1. The highest BCUT2D eigenvalue weighted by Crippen LogP contribution is 2.24. The topological polar surface area (TPSA) is 75.7 Å². The maximum atomic E-state index is 13.0. The Labute approximate surface area is 174 Å². The van der Waals surface area contributed by atoms with Crippen molar-refractivity contribution < 1.29 is 17.9 Å². The Morgan fingerprint density at radius 2 is 1.82 bits per heavy atom. The third-order valence-electron chi connectivity index (χ3n) is 4.56. The SMILES string of the molecule is Cc1cc(Br)ccc1NC(=O)c1cccc(S(=O)(=O)N2CC(C)OC(C)C2)c1. The summed E-state index contributed by atoms with van der Waals surface area (Å²) in [7, 11) is -3.70. The van der Waals surface area contributed by atoms with Gasteiger partial charge in [0.25, 0.3) is 5.91 Å². The highest BCUT2D eigenvalue weighted by atomic mass is 79.9. The predicted molar refractivity (Wildman–Crippen MR) is 112 cm³/mol. The first-order valence-corrected chi connectivity index (χ1v) is 11.2. The Bertz CT molecular complexity index is 983. The summed E-state index contributed by atoms with van der Waals surface area (Å²) in [4.78, 5) is 12.8. The van der Waals surface area contributed by atoms with Gasteiger partial charge in [-0.2, -0.15) is 4.31 Å². The first-order valence-electron chi connectivity index (χ1n) is 9.00. The van der Waals surface area contributed by atoms with Crippen LogP contribution < -0.4 is 5.32 Å². The molecule has 0 spiro atoms. The molecule has 1 aliphatic rings. The Morgan fingerprint density at radius 1 is 1.14 bits per heavy atom. The standard InChI is InChI=1S/C20H23BrN2O4S/c1-13-9-17(21)7-8-19(13)22-20(24)16-5-4-6-18(10-16)28(25,26)23-11-14(2)27-15(3)12-23/h4-10,14-15H,11-12H2,1-3H3,(H,22,24). The second kappa shape index (κ2) is 8.32. The summed E-state index contributed by atoms with van der Waals surface area (Å²) in [6, 6.07) is 11.7. The molecule has 1 saturated heterocycles. The van der Waals surface area contributed by atoms with E-state index in [1.54, 1.807) is 18.2 Å². The molecule has 8 heteroatoms. The molecule has 0 aromatic heterocycles. The van der Waals surface area contributed by atoms with Crippen molar-refractivity contribution in [2.45, 2.75) is 37.9 Å². The minimum Gasteiger partial charge on any atom is -0.373 e. The van der Waals surface area contributed by atoms with Crippen LogP contribution in [0, 0.1) is 6.92 Å². The number of anilines is 1. The fraction of sp³-hybridized carbons (Fsp3) is 0.350. The summed E-state index contributed by atoms with van der Waals surface area (Å²) in [5.41, 5.74) is 1.87. The zero-order valence-electron chi connectivity index (χ0n) is 16.0. The van der Waals surface area contributed by atoms with Gasteiger partial charge in [0, 0.05) is 28.8 Å². The average molecular weight is 467 g/mol. The molecule has 1 amide bonds. The summed E-state index contributed by atoms with van der Waals surface area (Å²) in [5, 5.41) is 2.84. The maximum Gasteiger partial charge on any atom is 0.255 e. The Balaban J connectivity index is 1.84. The van der Waals surface area contributed by atoms with Crippen LogP contribution in [-0.4, -0.2) is 43.9 Å². The summed E-state index contributed by atoms with van der Waals surface area (Å²) in [6.45, 7) is 6.18. The van der Waals surface area contributed by atoms with Crippen molar-refractivity contribution in [3.05, 3.63) is 58.1 Å². The first-order chi connectivity index (χ1) is 13.2.